The lowest BCUT2D eigenvalue weighted by Crippen LogP contribution is -2.46. The Morgan fingerprint density at radius 1 is 1.20 bits per heavy atom. The van der Waals surface area contributed by atoms with Crippen molar-refractivity contribution in [3.05, 3.63) is 30.3 Å². The zero-order valence-electron chi connectivity index (χ0n) is 14.6. The number of anilines is 1. The molecule has 1 aromatic heterocycles. The summed E-state index contributed by atoms with van der Waals surface area (Å²) in [5, 5.41) is 11.2. The Bertz CT molecular complexity index is 729. The summed E-state index contributed by atoms with van der Waals surface area (Å²) in [5.41, 5.74) is 1.44. The van der Waals surface area contributed by atoms with Crippen LogP contribution in [0.15, 0.2) is 34.7 Å². The first-order valence-electron chi connectivity index (χ1n) is 9.13. The Kier molecular flexibility index (Phi) is 4.19. The summed E-state index contributed by atoms with van der Waals surface area (Å²) in [6, 6.07) is 9.60. The van der Waals surface area contributed by atoms with E-state index in [1.165, 1.54) is 12.8 Å². The van der Waals surface area contributed by atoms with Crippen LogP contribution in [0.25, 0.3) is 11.5 Å². The molecule has 2 heterocycles. The average molecular weight is 340 g/mol. The molecule has 2 fully saturated rings. The number of nitrogens with zero attached hydrogens (tertiary/aromatic N) is 3. The SMILES string of the molecule is CCC(Nc1nnc(-c2ccccc2)o1)C(=O)N1CCC2(CC1)CC2. The van der Waals surface area contributed by atoms with Crippen LogP contribution in [0.1, 0.15) is 39.0 Å². The highest BCUT2D eigenvalue weighted by atomic mass is 16.4. The van der Waals surface area contributed by atoms with E-state index in [0.717, 1.165) is 31.5 Å². The van der Waals surface area contributed by atoms with Crippen molar-refractivity contribution in [3.63, 3.8) is 0 Å². The van der Waals surface area contributed by atoms with Gasteiger partial charge in [0.1, 0.15) is 6.04 Å². The van der Waals surface area contributed by atoms with Gasteiger partial charge in [0.05, 0.1) is 0 Å². The summed E-state index contributed by atoms with van der Waals surface area (Å²) in [7, 11) is 0. The zero-order valence-corrected chi connectivity index (χ0v) is 14.6. The van der Waals surface area contributed by atoms with E-state index in [-0.39, 0.29) is 11.9 Å². The summed E-state index contributed by atoms with van der Waals surface area (Å²) in [4.78, 5) is 14.8. The highest BCUT2D eigenvalue weighted by molar-refractivity contribution is 5.84. The summed E-state index contributed by atoms with van der Waals surface area (Å²) in [6.07, 6.45) is 5.66. The average Bonchev–Trinajstić information content (AvgIpc) is 3.24. The van der Waals surface area contributed by atoms with Gasteiger partial charge in [0, 0.05) is 18.7 Å². The number of rotatable bonds is 5. The first-order chi connectivity index (χ1) is 12.2. The van der Waals surface area contributed by atoms with Crippen molar-refractivity contribution in [2.24, 2.45) is 5.41 Å². The molecule has 4 rings (SSSR count). The van der Waals surface area contributed by atoms with Gasteiger partial charge < -0.3 is 14.6 Å². The number of hydrogen-bond donors (Lipinski definition) is 1. The minimum atomic E-state index is -0.322. The lowest BCUT2D eigenvalue weighted by molar-refractivity contribution is -0.133. The van der Waals surface area contributed by atoms with Gasteiger partial charge in [-0.2, -0.15) is 0 Å². The molecular weight excluding hydrogens is 316 g/mol. The van der Waals surface area contributed by atoms with Gasteiger partial charge in [-0.25, -0.2) is 0 Å². The van der Waals surface area contributed by atoms with E-state index in [1.807, 2.05) is 42.2 Å². The molecule has 0 bridgehead atoms. The molecule has 132 valence electrons. The molecule has 6 nitrogen and oxygen atoms in total. The molecule has 1 amide bonds. The molecule has 2 aromatic rings. The largest absolute Gasteiger partial charge is 0.403 e. The first kappa shape index (κ1) is 16.1. The van der Waals surface area contributed by atoms with Gasteiger partial charge in [0.25, 0.3) is 0 Å². The minimum absolute atomic E-state index is 0.137. The van der Waals surface area contributed by atoms with Gasteiger partial charge in [0.15, 0.2) is 0 Å². The molecular formula is C19H24N4O2. The highest BCUT2D eigenvalue weighted by Gasteiger charge is 2.45. The van der Waals surface area contributed by atoms with Crippen molar-refractivity contribution in [1.82, 2.24) is 15.1 Å². The number of hydrogen-bond acceptors (Lipinski definition) is 5. The third-order valence-corrected chi connectivity index (χ3v) is 5.54. The maximum absolute atomic E-state index is 12.8. The smallest absolute Gasteiger partial charge is 0.316 e. The van der Waals surface area contributed by atoms with Gasteiger partial charge in [-0.3, -0.25) is 4.79 Å². The van der Waals surface area contributed by atoms with E-state index in [9.17, 15) is 4.79 Å². The molecule has 1 aromatic carbocycles. The zero-order chi connectivity index (χ0) is 17.3. The number of nitrogens with one attached hydrogen (secondary N) is 1. The third kappa shape index (κ3) is 3.38. The monoisotopic (exact) mass is 340 g/mol. The van der Waals surface area contributed by atoms with Crippen LogP contribution in [0.4, 0.5) is 6.01 Å². The molecule has 6 heteroatoms. The van der Waals surface area contributed by atoms with Gasteiger partial charge >= 0.3 is 6.01 Å². The van der Waals surface area contributed by atoms with E-state index in [4.69, 9.17) is 4.42 Å². The van der Waals surface area contributed by atoms with Crippen molar-refractivity contribution < 1.29 is 9.21 Å². The topological polar surface area (TPSA) is 71.3 Å². The molecule has 1 saturated heterocycles. The van der Waals surface area contributed by atoms with Crippen LogP contribution >= 0.6 is 0 Å². The van der Waals surface area contributed by atoms with E-state index in [1.54, 1.807) is 0 Å². The Balaban J connectivity index is 1.40. The van der Waals surface area contributed by atoms with Gasteiger partial charge in [0.2, 0.25) is 11.8 Å². The predicted octanol–water partition coefficient (Wildman–Crippen LogP) is 3.33. The lowest BCUT2D eigenvalue weighted by Gasteiger charge is -2.34. The van der Waals surface area contributed by atoms with E-state index in [0.29, 0.717) is 23.7 Å². The van der Waals surface area contributed by atoms with Crippen LogP contribution in [0, 0.1) is 5.41 Å². The number of amides is 1. The lowest BCUT2D eigenvalue weighted by atomic mass is 9.93. The molecule has 1 N–H and O–H groups in total. The molecule has 2 aliphatic rings. The van der Waals surface area contributed by atoms with Crippen molar-refractivity contribution in [3.8, 4) is 11.5 Å². The van der Waals surface area contributed by atoms with Gasteiger partial charge in [-0.15, -0.1) is 5.10 Å². The number of aromatic nitrogens is 2. The van der Waals surface area contributed by atoms with Crippen LogP contribution in [0.5, 0.6) is 0 Å². The fourth-order valence-corrected chi connectivity index (χ4v) is 3.57. The Hall–Kier alpha value is -2.37. The second-order valence-corrected chi connectivity index (χ2v) is 7.21. The molecule has 1 saturated carbocycles. The van der Waals surface area contributed by atoms with Crippen molar-refractivity contribution >= 4 is 11.9 Å². The quantitative estimate of drug-likeness (QED) is 0.904. The second kappa shape index (κ2) is 6.50. The summed E-state index contributed by atoms with van der Waals surface area (Å²) in [5.74, 6) is 0.594. The number of carbonyl (C=O) groups excluding carboxylic acids is 1. The third-order valence-electron chi connectivity index (χ3n) is 5.54. The van der Waals surface area contributed by atoms with Crippen molar-refractivity contribution in [1.29, 1.82) is 0 Å². The van der Waals surface area contributed by atoms with E-state index >= 15 is 0 Å². The summed E-state index contributed by atoms with van der Waals surface area (Å²) < 4.78 is 5.68. The van der Waals surface area contributed by atoms with Crippen molar-refractivity contribution in [2.45, 2.75) is 45.1 Å². The van der Waals surface area contributed by atoms with Crippen LogP contribution in [0.3, 0.4) is 0 Å². The fourth-order valence-electron chi connectivity index (χ4n) is 3.57. The molecule has 1 aliphatic heterocycles. The summed E-state index contributed by atoms with van der Waals surface area (Å²) in [6.45, 7) is 3.74. The minimum Gasteiger partial charge on any atom is -0.403 e. The van der Waals surface area contributed by atoms with Crippen LogP contribution in [-0.2, 0) is 4.79 Å². The molecule has 1 spiro atoms. The van der Waals surface area contributed by atoms with Gasteiger partial charge in [-0.05, 0) is 49.7 Å². The van der Waals surface area contributed by atoms with Gasteiger partial charge in [-0.1, -0.05) is 30.2 Å². The predicted molar refractivity (Wildman–Crippen MR) is 94.9 cm³/mol. The maximum atomic E-state index is 12.8. The van der Waals surface area contributed by atoms with E-state index < -0.39 is 0 Å². The highest BCUT2D eigenvalue weighted by Crippen LogP contribution is 2.53. The van der Waals surface area contributed by atoms with Crippen LogP contribution in [-0.4, -0.2) is 40.1 Å². The van der Waals surface area contributed by atoms with Crippen LogP contribution in [0.2, 0.25) is 0 Å². The molecule has 1 atom stereocenters. The Morgan fingerprint density at radius 3 is 2.56 bits per heavy atom. The molecule has 1 unspecified atom stereocenters. The number of likely N-dealkylation sites (tertiary alicyclic amines) is 1. The second-order valence-electron chi connectivity index (χ2n) is 7.21. The van der Waals surface area contributed by atoms with Crippen molar-refractivity contribution in [2.75, 3.05) is 18.4 Å². The Morgan fingerprint density at radius 2 is 1.92 bits per heavy atom. The van der Waals surface area contributed by atoms with Crippen LogP contribution < -0.4 is 5.32 Å². The summed E-state index contributed by atoms with van der Waals surface area (Å²) >= 11 is 0. The number of benzene rings is 1. The fraction of sp³-hybridized carbons (Fsp3) is 0.526. The van der Waals surface area contributed by atoms with E-state index in [2.05, 4.69) is 15.5 Å². The molecule has 1 aliphatic carbocycles. The normalized spacial score (nSPS) is 19.6. The number of piperidine rings is 1. The molecule has 0 radical (unpaired) electrons. The Labute approximate surface area is 147 Å². The molecule has 25 heavy (non-hydrogen) atoms. The maximum Gasteiger partial charge on any atom is 0.316 e. The number of carbonyl (C=O) groups is 1. The standard InChI is InChI=1S/C19H24N4O2/c1-2-15(17(24)23-12-10-19(8-9-19)11-13-23)20-18-22-21-16(25-18)14-6-4-3-5-7-14/h3-7,15H,2,8-13H2,1H3,(H,20,22). The first-order valence-corrected chi connectivity index (χ1v) is 9.13.